The van der Waals surface area contributed by atoms with Crippen LogP contribution < -0.4 is 16.0 Å². The van der Waals surface area contributed by atoms with E-state index in [0.717, 1.165) is 50.3 Å². The first-order valence-corrected chi connectivity index (χ1v) is 16.8. The van der Waals surface area contributed by atoms with E-state index in [0.29, 0.717) is 38.6 Å². The smallest absolute Gasteiger partial charge is 0.141 e. The van der Waals surface area contributed by atoms with Crippen molar-refractivity contribution in [1.29, 1.82) is 5.26 Å². The van der Waals surface area contributed by atoms with Gasteiger partial charge in [-0.1, -0.05) is 46.6 Å². The molecule has 48 heavy (non-hydrogen) atoms. The SMILES string of the molecule is CC(C)(C)N1CCC(n2cc([C@@H](Nc3cc(Cl)c4ncc(C#N)c(Nc5ccc(F)c(Cl)c5)c4c3)c3ccc4c(c3)CNC4)nn2)CC1. The molecule has 0 bridgehead atoms. The second-order valence-corrected chi connectivity index (χ2v) is 14.3. The molecule has 0 radical (unpaired) electrons. The maximum atomic E-state index is 13.9. The van der Waals surface area contributed by atoms with E-state index in [1.807, 2.05) is 16.8 Å². The molecular weight excluding hydrogens is 648 g/mol. The Hall–Kier alpha value is -4.27. The predicted octanol–water partition coefficient (Wildman–Crippen LogP) is 8.13. The molecule has 0 amide bonds. The van der Waals surface area contributed by atoms with Gasteiger partial charge in [-0.2, -0.15) is 5.26 Å². The molecule has 246 valence electrons. The van der Waals surface area contributed by atoms with Gasteiger partial charge in [0.1, 0.15) is 17.6 Å². The van der Waals surface area contributed by atoms with E-state index < -0.39 is 5.82 Å². The van der Waals surface area contributed by atoms with Crippen molar-refractivity contribution >= 4 is 51.2 Å². The monoisotopic (exact) mass is 683 g/mol. The maximum absolute atomic E-state index is 13.9. The van der Waals surface area contributed by atoms with Crippen LogP contribution in [0.1, 0.15) is 73.6 Å². The van der Waals surface area contributed by atoms with Crippen LogP contribution in [0.25, 0.3) is 10.9 Å². The van der Waals surface area contributed by atoms with Crippen LogP contribution in [-0.2, 0) is 13.1 Å². The second kappa shape index (κ2) is 13.0. The summed E-state index contributed by atoms with van der Waals surface area (Å²) < 4.78 is 15.9. The number of nitrogens with zero attached hydrogens (tertiary/aromatic N) is 6. The van der Waals surface area contributed by atoms with Gasteiger partial charge in [0.2, 0.25) is 0 Å². The van der Waals surface area contributed by atoms with E-state index in [1.165, 1.54) is 29.5 Å². The summed E-state index contributed by atoms with van der Waals surface area (Å²) in [6, 6.07) is 16.7. The lowest BCUT2D eigenvalue weighted by Gasteiger charge is -2.40. The van der Waals surface area contributed by atoms with Gasteiger partial charge in [-0.25, -0.2) is 9.07 Å². The zero-order chi connectivity index (χ0) is 33.6. The van der Waals surface area contributed by atoms with Gasteiger partial charge < -0.3 is 16.0 Å². The largest absolute Gasteiger partial charge is 0.373 e. The van der Waals surface area contributed by atoms with Gasteiger partial charge in [-0.3, -0.25) is 9.88 Å². The van der Waals surface area contributed by atoms with Crippen molar-refractivity contribution < 1.29 is 4.39 Å². The Balaban J connectivity index is 1.26. The highest BCUT2D eigenvalue weighted by atomic mass is 35.5. The van der Waals surface area contributed by atoms with Crippen LogP contribution >= 0.6 is 23.2 Å². The van der Waals surface area contributed by atoms with Crippen molar-refractivity contribution in [2.45, 2.75) is 64.3 Å². The third-order valence-corrected chi connectivity index (χ3v) is 9.93. The van der Waals surface area contributed by atoms with Crippen LogP contribution in [0.4, 0.5) is 21.5 Å². The van der Waals surface area contributed by atoms with Gasteiger partial charge in [0, 0.05) is 54.7 Å². The number of hydrogen-bond acceptors (Lipinski definition) is 8. The average molecular weight is 685 g/mol. The van der Waals surface area contributed by atoms with Gasteiger partial charge in [-0.05, 0) is 80.6 Å². The first-order chi connectivity index (χ1) is 23.1. The molecule has 1 atom stereocenters. The van der Waals surface area contributed by atoms with Crippen molar-refractivity contribution in [2.24, 2.45) is 0 Å². The Bertz CT molecular complexity index is 2040. The number of aromatic nitrogens is 4. The van der Waals surface area contributed by atoms with Crippen LogP contribution in [0.3, 0.4) is 0 Å². The normalized spacial score (nSPS) is 16.1. The Kier molecular flexibility index (Phi) is 8.73. The molecule has 12 heteroatoms. The summed E-state index contributed by atoms with van der Waals surface area (Å²) >= 11 is 12.9. The summed E-state index contributed by atoms with van der Waals surface area (Å²) in [6.45, 7) is 10.5. The zero-order valence-electron chi connectivity index (χ0n) is 27.0. The Morgan fingerprint density at radius 3 is 2.52 bits per heavy atom. The molecule has 4 heterocycles. The van der Waals surface area contributed by atoms with Crippen molar-refractivity contribution in [3.8, 4) is 6.07 Å². The predicted molar refractivity (Wildman–Crippen MR) is 188 cm³/mol. The van der Waals surface area contributed by atoms with Crippen molar-refractivity contribution in [1.82, 2.24) is 30.2 Å². The summed E-state index contributed by atoms with van der Waals surface area (Å²) in [5, 5.41) is 30.7. The lowest BCUT2D eigenvalue weighted by molar-refractivity contribution is 0.0866. The number of likely N-dealkylation sites (tertiary alicyclic amines) is 1. The zero-order valence-corrected chi connectivity index (χ0v) is 28.5. The van der Waals surface area contributed by atoms with Crippen molar-refractivity contribution in [3.05, 3.63) is 105 Å². The number of anilines is 3. The Labute approximate surface area is 289 Å². The highest BCUT2D eigenvalue weighted by Gasteiger charge is 2.29. The maximum Gasteiger partial charge on any atom is 0.141 e. The van der Waals surface area contributed by atoms with Crippen molar-refractivity contribution in [3.63, 3.8) is 0 Å². The third-order valence-electron chi connectivity index (χ3n) is 9.35. The number of fused-ring (bicyclic) bond motifs is 2. The summed E-state index contributed by atoms with van der Waals surface area (Å²) in [7, 11) is 0. The minimum atomic E-state index is -0.530. The standard InChI is InChI=1S/C36H36Cl2FN9/c1-36(2,3)47-10-8-27(9-11-47)48-20-32(45-46-48)34(21-4-5-22-17-41-18-23(22)12-21)44-26-13-28-33(43-25-6-7-31(39)29(37)14-25)24(16-40)19-42-35(28)30(38)15-26/h4-7,12-15,19-20,27,34,41,44H,8-11,17-18H2,1-3H3,(H,42,43)/t34-/m0/s1. The molecule has 5 aromatic rings. The molecule has 7 rings (SSSR count). The fourth-order valence-corrected chi connectivity index (χ4v) is 7.12. The summed E-state index contributed by atoms with van der Waals surface area (Å²) in [5.41, 5.74) is 7.06. The minimum Gasteiger partial charge on any atom is -0.373 e. The average Bonchev–Trinajstić information content (AvgIpc) is 3.75. The van der Waals surface area contributed by atoms with Crippen LogP contribution in [0, 0.1) is 17.1 Å². The third kappa shape index (κ3) is 6.43. The van der Waals surface area contributed by atoms with Gasteiger partial charge in [0.15, 0.2) is 0 Å². The van der Waals surface area contributed by atoms with E-state index in [1.54, 1.807) is 6.07 Å². The minimum absolute atomic E-state index is 0.0301. The number of pyridine rings is 1. The van der Waals surface area contributed by atoms with Crippen LogP contribution in [0.15, 0.2) is 60.9 Å². The summed E-state index contributed by atoms with van der Waals surface area (Å²) in [5.74, 6) is -0.530. The molecule has 0 saturated carbocycles. The topological polar surface area (TPSA) is 107 Å². The fraction of sp³-hybridized carbons (Fsp3) is 0.333. The molecule has 3 N–H and O–H groups in total. The highest BCUT2D eigenvalue weighted by Crippen LogP contribution is 2.38. The molecule has 0 spiro atoms. The number of halogens is 3. The molecule has 2 aromatic heterocycles. The molecule has 0 aliphatic carbocycles. The molecule has 1 saturated heterocycles. The van der Waals surface area contributed by atoms with Crippen LogP contribution in [-0.4, -0.2) is 43.5 Å². The first kappa shape index (κ1) is 32.3. The molecule has 0 unspecified atom stereocenters. The van der Waals surface area contributed by atoms with E-state index in [2.05, 4.69) is 82.3 Å². The van der Waals surface area contributed by atoms with Gasteiger partial charge >= 0.3 is 0 Å². The molecule has 3 aromatic carbocycles. The van der Waals surface area contributed by atoms with Crippen LogP contribution in [0.5, 0.6) is 0 Å². The number of piperidine rings is 1. The quantitative estimate of drug-likeness (QED) is 0.158. The van der Waals surface area contributed by atoms with Gasteiger partial charge in [-0.15, -0.1) is 5.10 Å². The molecular formula is C36H36Cl2FN9. The second-order valence-electron chi connectivity index (χ2n) is 13.5. The van der Waals surface area contributed by atoms with E-state index >= 15 is 0 Å². The Morgan fingerprint density at radius 1 is 1.00 bits per heavy atom. The first-order valence-electron chi connectivity index (χ1n) is 16.1. The highest BCUT2D eigenvalue weighted by molar-refractivity contribution is 6.36. The van der Waals surface area contributed by atoms with Crippen LogP contribution in [0.2, 0.25) is 10.0 Å². The lowest BCUT2D eigenvalue weighted by atomic mass is 9.97. The van der Waals surface area contributed by atoms with Crippen molar-refractivity contribution in [2.75, 3.05) is 23.7 Å². The number of hydrogen-bond donors (Lipinski definition) is 3. The van der Waals surface area contributed by atoms with Gasteiger partial charge in [0.25, 0.3) is 0 Å². The molecule has 1 fully saturated rings. The molecule has 9 nitrogen and oxygen atoms in total. The van der Waals surface area contributed by atoms with E-state index in [4.69, 9.17) is 28.3 Å². The number of nitriles is 1. The van der Waals surface area contributed by atoms with Gasteiger partial charge in [0.05, 0.1) is 45.1 Å². The fourth-order valence-electron chi connectivity index (χ4n) is 6.67. The number of rotatable bonds is 7. The summed E-state index contributed by atoms with van der Waals surface area (Å²) in [6.07, 6.45) is 5.54. The molecule has 2 aliphatic rings. The number of nitrogens with one attached hydrogen (secondary N) is 3. The van der Waals surface area contributed by atoms with E-state index in [-0.39, 0.29) is 22.6 Å². The number of benzene rings is 3. The van der Waals surface area contributed by atoms with E-state index in [9.17, 15) is 9.65 Å². The lowest BCUT2D eigenvalue weighted by Crippen LogP contribution is -2.46. The summed E-state index contributed by atoms with van der Waals surface area (Å²) in [4.78, 5) is 7.01. The molecule has 2 aliphatic heterocycles. The Morgan fingerprint density at radius 2 is 1.77 bits per heavy atom.